The van der Waals surface area contributed by atoms with Crippen LogP contribution in [0.1, 0.15) is 18.9 Å². The smallest absolute Gasteiger partial charge is 0.141 e. The molecule has 20 heavy (non-hydrogen) atoms. The maximum Gasteiger partial charge on any atom is 0.141 e. The van der Waals surface area contributed by atoms with Crippen molar-refractivity contribution in [3.8, 4) is 11.5 Å². The number of hydrogen-bond acceptors (Lipinski definition) is 2. The predicted molar refractivity (Wildman–Crippen MR) is 90.4 cm³/mol. The van der Waals surface area contributed by atoms with E-state index in [1.165, 1.54) is 5.56 Å². The highest BCUT2D eigenvalue weighted by atomic mass is 79.9. The van der Waals surface area contributed by atoms with Crippen LogP contribution in [-0.2, 0) is 6.54 Å². The molecule has 0 atom stereocenters. The summed E-state index contributed by atoms with van der Waals surface area (Å²) in [5.74, 6) is 1.64. The van der Waals surface area contributed by atoms with Gasteiger partial charge in [-0.3, -0.25) is 0 Å². The van der Waals surface area contributed by atoms with Gasteiger partial charge in [-0.2, -0.15) is 0 Å². The summed E-state index contributed by atoms with van der Waals surface area (Å²) in [6.45, 7) is 4.06. The molecule has 0 radical (unpaired) electrons. The fourth-order valence-corrected chi connectivity index (χ4v) is 2.65. The monoisotopic (exact) mass is 397 g/mol. The van der Waals surface area contributed by atoms with Crippen LogP contribution in [0.5, 0.6) is 11.5 Å². The van der Waals surface area contributed by atoms with Gasteiger partial charge in [0.25, 0.3) is 0 Å². The molecule has 0 amide bonds. The summed E-state index contributed by atoms with van der Waals surface area (Å²) in [5.41, 5.74) is 1.23. The summed E-state index contributed by atoms with van der Waals surface area (Å²) in [5, 5.41) is 3.39. The van der Waals surface area contributed by atoms with Crippen LogP contribution in [0.25, 0.3) is 0 Å². The molecule has 0 unspecified atom stereocenters. The fourth-order valence-electron chi connectivity index (χ4n) is 1.79. The molecule has 4 heteroatoms. The van der Waals surface area contributed by atoms with Crippen LogP contribution >= 0.6 is 31.9 Å². The van der Waals surface area contributed by atoms with Crippen molar-refractivity contribution in [3.05, 3.63) is 57.0 Å². The van der Waals surface area contributed by atoms with Crippen molar-refractivity contribution in [2.45, 2.75) is 19.9 Å². The Kier molecular flexibility index (Phi) is 6.07. The largest absolute Gasteiger partial charge is 0.456 e. The second-order valence-corrected chi connectivity index (χ2v) is 6.17. The summed E-state index contributed by atoms with van der Waals surface area (Å²) >= 11 is 7.08. The topological polar surface area (TPSA) is 21.3 Å². The van der Waals surface area contributed by atoms with Crippen molar-refractivity contribution < 1.29 is 4.74 Å². The maximum absolute atomic E-state index is 5.87. The molecule has 0 heterocycles. The summed E-state index contributed by atoms with van der Waals surface area (Å²) in [4.78, 5) is 0. The SMILES string of the molecule is CCCNCc1ccc(Oc2ccccc2Br)cc1Br. The fraction of sp³-hybridized carbons (Fsp3) is 0.250. The van der Waals surface area contributed by atoms with Crippen molar-refractivity contribution in [3.63, 3.8) is 0 Å². The van der Waals surface area contributed by atoms with E-state index in [-0.39, 0.29) is 0 Å². The lowest BCUT2D eigenvalue weighted by Gasteiger charge is -2.10. The van der Waals surface area contributed by atoms with Crippen molar-refractivity contribution in [1.29, 1.82) is 0 Å². The van der Waals surface area contributed by atoms with Crippen molar-refractivity contribution in [2.75, 3.05) is 6.54 Å². The van der Waals surface area contributed by atoms with E-state index in [4.69, 9.17) is 4.74 Å². The summed E-state index contributed by atoms with van der Waals surface area (Å²) < 4.78 is 7.88. The molecule has 0 bridgehead atoms. The molecule has 0 fully saturated rings. The van der Waals surface area contributed by atoms with E-state index in [1.807, 2.05) is 36.4 Å². The number of rotatable bonds is 6. The Labute approximate surface area is 136 Å². The summed E-state index contributed by atoms with van der Waals surface area (Å²) in [6.07, 6.45) is 1.14. The number of para-hydroxylation sites is 1. The number of benzene rings is 2. The molecule has 2 aromatic carbocycles. The highest BCUT2D eigenvalue weighted by molar-refractivity contribution is 9.10. The molecule has 0 aliphatic rings. The second kappa shape index (κ2) is 7.81. The van der Waals surface area contributed by atoms with Gasteiger partial charge < -0.3 is 10.1 Å². The van der Waals surface area contributed by atoms with E-state index in [0.29, 0.717) is 0 Å². The normalized spacial score (nSPS) is 10.6. The lowest BCUT2D eigenvalue weighted by atomic mass is 10.2. The first-order valence-corrected chi connectivity index (χ1v) is 8.21. The highest BCUT2D eigenvalue weighted by Gasteiger charge is 2.05. The van der Waals surface area contributed by atoms with Gasteiger partial charge in [-0.15, -0.1) is 0 Å². The van der Waals surface area contributed by atoms with Gasteiger partial charge in [0.1, 0.15) is 11.5 Å². The molecule has 1 N–H and O–H groups in total. The zero-order valence-corrected chi connectivity index (χ0v) is 14.5. The third-order valence-electron chi connectivity index (χ3n) is 2.83. The molecule has 0 spiro atoms. The molecular weight excluding hydrogens is 382 g/mol. The van der Waals surface area contributed by atoms with Crippen molar-refractivity contribution >= 4 is 31.9 Å². The Hall–Kier alpha value is -0.840. The van der Waals surface area contributed by atoms with Gasteiger partial charge in [-0.05, 0) is 58.7 Å². The number of nitrogens with one attached hydrogen (secondary N) is 1. The first-order valence-electron chi connectivity index (χ1n) is 6.62. The first-order chi connectivity index (χ1) is 9.70. The van der Waals surface area contributed by atoms with Gasteiger partial charge in [0, 0.05) is 11.0 Å². The van der Waals surface area contributed by atoms with Crippen molar-refractivity contribution in [2.24, 2.45) is 0 Å². The molecular formula is C16H17Br2NO. The van der Waals surface area contributed by atoms with Gasteiger partial charge in [-0.1, -0.05) is 41.1 Å². The Balaban J connectivity index is 2.07. The first kappa shape index (κ1) is 15.5. The molecule has 106 valence electrons. The number of halogens is 2. The third kappa shape index (κ3) is 4.33. The zero-order valence-electron chi connectivity index (χ0n) is 11.3. The molecule has 2 aromatic rings. The molecule has 2 nitrogen and oxygen atoms in total. The lowest BCUT2D eigenvalue weighted by molar-refractivity contribution is 0.479. The minimum atomic E-state index is 0.816. The average Bonchev–Trinajstić information content (AvgIpc) is 2.44. The van der Waals surface area contributed by atoms with Gasteiger partial charge in [0.15, 0.2) is 0 Å². The van der Waals surface area contributed by atoms with E-state index in [0.717, 1.165) is 40.0 Å². The van der Waals surface area contributed by atoms with Crippen LogP contribution in [0.15, 0.2) is 51.4 Å². The summed E-state index contributed by atoms with van der Waals surface area (Å²) in [7, 11) is 0. The van der Waals surface area contributed by atoms with Gasteiger partial charge in [0.05, 0.1) is 4.47 Å². The van der Waals surface area contributed by atoms with E-state index in [2.05, 4.69) is 50.2 Å². The molecule has 0 saturated carbocycles. The Bertz CT molecular complexity index is 572. The number of ether oxygens (including phenoxy) is 1. The Morgan fingerprint density at radius 1 is 1.05 bits per heavy atom. The van der Waals surface area contributed by atoms with Crippen LogP contribution in [-0.4, -0.2) is 6.54 Å². The molecule has 0 aliphatic heterocycles. The minimum Gasteiger partial charge on any atom is -0.456 e. The zero-order chi connectivity index (χ0) is 14.4. The van der Waals surface area contributed by atoms with Gasteiger partial charge >= 0.3 is 0 Å². The highest BCUT2D eigenvalue weighted by Crippen LogP contribution is 2.31. The van der Waals surface area contributed by atoms with Crippen LogP contribution in [0.4, 0.5) is 0 Å². The lowest BCUT2D eigenvalue weighted by Crippen LogP contribution is -2.14. The van der Waals surface area contributed by atoms with E-state index < -0.39 is 0 Å². The van der Waals surface area contributed by atoms with Crippen LogP contribution in [0, 0.1) is 0 Å². The average molecular weight is 399 g/mol. The Morgan fingerprint density at radius 2 is 1.85 bits per heavy atom. The second-order valence-electron chi connectivity index (χ2n) is 4.46. The third-order valence-corrected chi connectivity index (χ3v) is 4.22. The van der Waals surface area contributed by atoms with E-state index in [9.17, 15) is 0 Å². The molecule has 2 rings (SSSR count). The van der Waals surface area contributed by atoms with Crippen LogP contribution in [0.2, 0.25) is 0 Å². The minimum absolute atomic E-state index is 0.816. The summed E-state index contributed by atoms with van der Waals surface area (Å²) in [6, 6.07) is 13.9. The van der Waals surface area contributed by atoms with Crippen molar-refractivity contribution in [1.82, 2.24) is 5.32 Å². The quantitative estimate of drug-likeness (QED) is 0.648. The van der Waals surface area contributed by atoms with Crippen LogP contribution in [0.3, 0.4) is 0 Å². The van der Waals surface area contributed by atoms with Gasteiger partial charge in [-0.25, -0.2) is 0 Å². The molecule has 0 aliphatic carbocycles. The standard InChI is InChI=1S/C16H17Br2NO/c1-2-9-19-11-12-7-8-13(10-15(12)18)20-16-6-4-3-5-14(16)17/h3-8,10,19H,2,9,11H2,1H3. The van der Waals surface area contributed by atoms with Crippen LogP contribution < -0.4 is 10.1 Å². The number of hydrogen-bond donors (Lipinski definition) is 1. The van der Waals surface area contributed by atoms with E-state index in [1.54, 1.807) is 0 Å². The van der Waals surface area contributed by atoms with Gasteiger partial charge in [0.2, 0.25) is 0 Å². The Morgan fingerprint density at radius 3 is 2.55 bits per heavy atom. The molecule has 0 saturated heterocycles. The predicted octanol–water partition coefficient (Wildman–Crippen LogP) is 5.50. The maximum atomic E-state index is 5.87. The molecule has 0 aromatic heterocycles. The van der Waals surface area contributed by atoms with E-state index >= 15 is 0 Å².